The summed E-state index contributed by atoms with van der Waals surface area (Å²) < 4.78 is 22.4. The van der Waals surface area contributed by atoms with Crippen LogP contribution in [-0.2, 0) is 17.8 Å². The van der Waals surface area contributed by atoms with E-state index in [-0.39, 0.29) is 40.4 Å². The smallest absolute Gasteiger partial charge is 0.260 e. The molecule has 1 aliphatic rings. The van der Waals surface area contributed by atoms with Gasteiger partial charge in [-0.25, -0.2) is 0 Å². The minimum atomic E-state index is -0.366. The molecule has 184 valence electrons. The molecule has 1 aromatic heterocycles. The first-order chi connectivity index (χ1) is 17.5. The van der Waals surface area contributed by atoms with E-state index in [1.165, 1.54) is 18.2 Å². The van der Waals surface area contributed by atoms with Gasteiger partial charge in [-0.05, 0) is 29.7 Å². The van der Waals surface area contributed by atoms with Crippen molar-refractivity contribution in [1.82, 2.24) is 4.90 Å². The Morgan fingerprint density at radius 2 is 1.72 bits per heavy atom. The molecule has 0 atom stereocenters. The minimum Gasteiger partial charge on any atom is -0.507 e. The van der Waals surface area contributed by atoms with Crippen molar-refractivity contribution < 1.29 is 28.5 Å². The van der Waals surface area contributed by atoms with Crippen molar-refractivity contribution in [3.8, 4) is 34.3 Å². The molecule has 0 radical (unpaired) electrons. The second kappa shape index (κ2) is 9.65. The molecule has 0 aliphatic carbocycles. The van der Waals surface area contributed by atoms with Gasteiger partial charge in [0, 0.05) is 36.9 Å². The largest absolute Gasteiger partial charge is 0.507 e. The lowest BCUT2D eigenvalue weighted by atomic mass is 9.99. The average Bonchev–Trinajstić information content (AvgIpc) is 2.90. The molecule has 1 aliphatic heterocycles. The zero-order chi connectivity index (χ0) is 25.2. The number of ether oxygens (including phenoxy) is 3. The van der Waals surface area contributed by atoms with Crippen LogP contribution in [0.15, 0.2) is 69.9 Å². The molecule has 0 unspecified atom stereocenters. The summed E-state index contributed by atoms with van der Waals surface area (Å²) in [6.45, 7) is 0.745. The van der Waals surface area contributed by atoms with Crippen LogP contribution in [0.4, 0.5) is 0 Å². The van der Waals surface area contributed by atoms with Crippen LogP contribution in [0.25, 0.3) is 22.3 Å². The number of carbonyl (C=O) groups is 1. The van der Waals surface area contributed by atoms with Crippen LogP contribution >= 0.6 is 0 Å². The van der Waals surface area contributed by atoms with E-state index < -0.39 is 0 Å². The molecule has 36 heavy (non-hydrogen) atoms. The van der Waals surface area contributed by atoms with Gasteiger partial charge >= 0.3 is 0 Å². The number of fused-ring (bicyclic) bond motifs is 2. The molecule has 0 saturated carbocycles. The fourth-order valence-electron chi connectivity index (χ4n) is 4.40. The van der Waals surface area contributed by atoms with Crippen LogP contribution < -0.4 is 19.6 Å². The molecule has 1 N–H and O–H groups in total. The van der Waals surface area contributed by atoms with E-state index in [9.17, 15) is 14.7 Å². The molecule has 0 fully saturated rings. The Kier molecular flexibility index (Phi) is 6.25. The van der Waals surface area contributed by atoms with Crippen LogP contribution in [0.5, 0.6) is 23.0 Å². The van der Waals surface area contributed by atoms with Crippen molar-refractivity contribution >= 4 is 16.9 Å². The van der Waals surface area contributed by atoms with E-state index in [0.29, 0.717) is 36.8 Å². The van der Waals surface area contributed by atoms with Crippen LogP contribution in [0.1, 0.15) is 11.1 Å². The zero-order valence-electron chi connectivity index (χ0n) is 19.9. The fraction of sp³-hybridized carbons (Fsp3) is 0.214. The van der Waals surface area contributed by atoms with Crippen molar-refractivity contribution in [1.29, 1.82) is 0 Å². The maximum Gasteiger partial charge on any atom is 0.260 e. The lowest BCUT2D eigenvalue weighted by Gasteiger charge is -2.29. The van der Waals surface area contributed by atoms with Gasteiger partial charge in [-0.1, -0.05) is 30.3 Å². The normalized spacial score (nSPS) is 12.8. The van der Waals surface area contributed by atoms with Crippen LogP contribution in [0.2, 0.25) is 0 Å². The van der Waals surface area contributed by atoms with E-state index >= 15 is 0 Å². The Morgan fingerprint density at radius 1 is 1.00 bits per heavy atom. The molecule has 0 spiro atoms. The minimum absolute atomic E-state index is 0.0605. The molecule has 2 heterocycles. The van der Waals surface area contributed by atoms with Crippen molar-refractivity contribution in [3.63, 3.8) is 0 Å². The molecule has 5 rings (SSSR count). The van der Waals surface area contributed by atoms with Gasteiger partial charge in [0.1, 0.15) is 28.2 Å². The molecular weight excluding hydrogens is 462 g/mol. The summed E-state index contributed by atoms with van der Waals surface area (Å²) in [5, 5.41) is 10.5. The standard InChI is InChI=1S/C28H25NO7/c1-33-24-10-18-8-9-29(15-19(18)11-25(24)34-2)27(32)16-35-20-12-21(30)28-22(31)14-23(36-26(28)13-20)17-6-4-3-5-7-17/h3-7,10-14,30H,8-9,15-16H2,1-2H3. The van der Waals surface area contributed by atoms with Gasteiger partial charge < -0.3 is 28.6 Å². The van der Waals surface area contributed by atoms with Gasteiger partial charge in [0.2, 0.25) is 0 Å². The predicted molar refractivity (Wildman–Crippen MR) is 134 cm³/mol. The summed E-state index contributed by atoms with van der Waals surface area (Å²) in [4.78, 5) is 27.2. The van der Waals surface area contributed by atoms with E-state index in [1.807, 2.05) is 42.5 Å². The molecule has 4 aromatic rings. The second-order valence-corrected chi connectivity index (χ2v) is 8.49. The predicted octanol–water partition coefficient (Wildman–Crippen LogP) is 4.15. The maximum absolute atomic E-state index is 12.9. The zero-order valence-corrected chi connectivity index (χ0v) is 19.9. The summed E-state index contributed by atoms with van der Waals surface area (Å²) in [5.41, 5.74) is 2.65. The van der Waals surface area contributed by atoms with Crippen LogP contribution in [0.3, 0.4) is 0 Å². The quantitative estimate of drug-likeness (QED) is 0.436. The Labute approximate surface area is 207 Å². The summed E-state index contributed by atoms with van der Waals surface area (Å²) >= 11 is 0. The van der Waals surface area contributed by atoms with Crippen LogP contribution in [-0.4, -0.2) is 43.3 Å². The first-order valence-electron chi connectivity index (χ1n) is 11.5. The van der Waals surface area contributed by atoms with Gasteiger partial charge in [-0.3, -0.25) is 9.59 Å². The van der Waals surface area contributed by atoms with Crippen molar-refractivity contribution in [2.75, 3.05) is 27.4 Å². The topological polar surface area (TPSA) is 98.4 Å². The summed E-state index contributed by atoms with van der Waals surface area (Å²) in [5.74, 6) is 1.42. The Hall–Kier alpha value is -4.46. The van der Waals surface area contributed by atoms with E-state index in [4.69, 9.17) is 18.6 Å². The monoisotopic (exact) mass is 487 g/mol. The SMILES string of the molecule is COc1cc2c(cc1OC)CN(C(=O)COc1cc(O)c3c(=O)cc(-c4ccccc4)oc3c1)CC2. The number of hydrogen-bond donors (Lipinski definition) is 1. The molecule has 1 amide bonds. The molecule has 0 bridgehead atoms. The molecule has 3 aromatic carbocycles. The highest BCUT2D eigenvalue weighted by Gasteiger charge is 2.23. The average molecular weight is 488 g/mol. The third-order valence-electron chi connectivity index (χ3n) is 6.27. The maximum atomic E-state index is 12.9. The van der Waals surface area contributed by atoms with Gasteiger partial charge in [0.15, 0.2) is 23.5 Å². The number of nitrogens with zero attached hydrogens (tertiary/aromatic N) is 1. The third-order valence-corrected chi connectivity index (χ3v) is 6.27. The number of aromatic hydroxyl groups is 1. The van der Waals surface area contributed by atoms with Crippen molar-refractivity contribution in [3.05, 3.63) is 82.0 Å². The second-order valence-electron chi connectivity index (χ2n) is 8.49. The number of methoxy groups -OCH3 is 2. The highest BCUT2D eigenvalue weighted by Crippen LogP contribution is 2.34. The van der Waals surface area contributed by atoms with Gasteiger partial charge in [0.25, 0.3) is 5.91 Å². The first kappa shape index (κ1) is 23.3. The van der Waals surface area contributed by atoms with E-state index in [0.717, 1.165) is 16.7 Å². The highest BCUT2D eigenvalue weighted by molar-refractivity contribution is 5.86. The van der Waals surface area contributed by atoms with E-state index in [2.05, 4.69) is 0 Å². The number of phenolic OH excluding ortho intramolecular Hbond substituents is 1. The van der Waals surface area contributed by atoms with Gasteiger partial charge in [-0.15, -0.1) is 0 Å². The molecule has 8 heteroatoms. The molecule has 8 nitrogen and oxygen atoms in total. The third kappa shape index (κ3) is 4.45. The first-order valence-corrected chi connectivity index (χ1v) is 11.5. The van der Waals surface area contributed by atoms with E-state index in [1.54, 1.807) is 19.1 Å². The summed E-state index contributed by atoms with van der Waals surface area (Å²) in [6.07, 6.45) is 0.686. The highest BCUT2D eigenvalue weighted by atomic mass is 16.5. The number of phenols is 1. The Morgan fingerprint density at radius 3 is 2.44 bits per heavy atom. The number of carbonyl (C=O) groups excluding carboxylic acids is 1. The number of rotatable bonds is 6. The number of hydrogen-bond acceptors (Lipinski definition) is 7. The van der Waals surface area contributed by atoms with Crippen LogP contribution in [0, 0.1) is 0 Å². The summed E-state index contributed by atoms with van der Waals surface area (Å²) in [7, 11) is 3.17. The van der Waals surface area contributed by atoms with Crippen molar-refractivity contribution in [2.24, 2.45) is 0 Å². The lowest BCUT2D eigenvalue weighted by molar-refractivity contribution is -0.134. The number of amides is 1. The molecular formula is C28H25NO7. The van der Waals surface area contributed by atoms with Crippen molar-refractivity contribution in [2.45, 2.75) is 13.0 Å². The van der Waals surface area contributed by atoms with Gasteiger partial charge in [0.05, 0.1) is 14.2 Å². The number of benzene rings is 3. The molecule has 0 saturated heterocycles. The fourth-order valence-corrected chi connectivity index (χ4v) is 4.40. The lowest BCUT2D eigenvalue weighted by Crippen LogP contribution is -2.38. The Bertz CT molecular complexity index is 1490. The summed E-state index contributed by atoms with van der Waals surface area (Å²) in [6, 6.07) is 17.2. The Balaban J connectivity index is 1.33. The van der Waals surface area contributed by atoms with Gasteiger partial charge in [-0.2, -0.15) is 0 Å².